The summed E-state index contributed by atoms with van der Waals surface area (Å²) in [6.07, 6.45) is 5.66. The number of likely N-dealkylation sites (N-methyl/N-ethyl adjacent to an activating group) is 1. The summed E-state index contributed by atoms with van der Waals surface area (Å²) in [5, 5.41) is 0. The highest BCUT2D eigenvalue weighted by Gasteiger charge is 2.45. The van der Waals surface area contributed by atoms with Crippen LogP contribution in [0, 0.1) is 0 Å². The van der Waals surface area contributed by atoms with Gasteiger partial charge in [-0.15, -0.1) is 0 Å². The molecule has 0 unspecified atom stereocenters. The Balaban J connectivity index is 1.56. The molecule has 1 spiro atoms. The van der Waals surface area contributed by atoms with E-state index in [1.807, 2.05) is 0 Å². The lowest BCUT2D eigenvalue weighted by Crippen LogP contribution is -2.51. The molecule has 7 heteroatoms. The molecule has 0 saturated carbocycles. The molecule has 3 heterocycles. The summed E-state index contributed by atoms with van der Waals surface area (Å²) in [5.41, 5.74) is -0.224. The van der Waals surface area contributed by atoms with Crippen LogP contribution in [0.5, 0.6) is 0 Å². The predicted octanol–water partition coefficient (Wildman–Crippen LogP) is 0.207. The lowest BCUT2D eigenvalue weighted by Gasteiger charge is -2.41. The second-order valence-corrected chi connectivity index (χ2v) is 9.25. The minimum absolute atomic E-state index is 0.224. The van der Waals surface area contributed by atoms with E-state index < -0.39 is 10.0 Å². The Labute approximate surface area is 134 Å². The number of sulfonamides is 1. The van der Waals surface area contributed by atoms with Gasteiger partial charge in [0.15, 0.2) is 0 Å². The number of ether oxygens (including phenoxy) is 1. The molecule has 0 aromatic carbocycles. The maximum Gasteiger partial charge on any atom is 0.211 e. The zero-order chi connectivity index (χ0) is 15.8. The number of hydrogen-bond donors (Lipinski definition) is 0. The third kappa shape index (κ3) is 3.82. The minimum Gasteiger partial charge on any atom is -0.369 e. The molecule has 0 bridgehead atoms. The van der Waals surface area contributed by atoms with E-state index in [2.05, 4.69) is 16.8 Å². The smallest absolute Gasteiger partial charge is 0.211 e. The van der Waals surface area contributed by atoms with Crippen molar-refractivity contribution in [3.05, 3.63) is 0 Å². The fourth-order valence-electron chi connectivity index (χ4n) is 3.96. The first-order valence-electron chi connectivity index (χ1n) is 8.40. The summed E-state index contributed by atoms with van der Waals surface area (Å²) < 4.78 is 31.5. The highest BCUT2D eigenvalue weighted by molar-refractivity contribution is 7.88. The normalized spacial score (nSPS) is 36.2. The third-order valence-electron chi connectivity index (χ3n) is 5.38. The summed E-state index contributed by atoms with van der Waals surface area (Å²) >= 11 is 0. The summed E-state index contributed by atoms with van der Waals surface area (Å²) in [4.78, 5) is 4.85. The Morgan fingerprint density at radius 1 is 1.14 bits per heavy atom. The minimum atomic E-state index is -3.09. The van der Waals surface area contributed by atoms with Crippen LogP contribution in [0.4, 0.5) is 0 Å². The Kier molecular flexibility index (Phi) is 4.81. The molecule has 3 fully saturated rings. The maximum absolute atomic E-state index is 11.7. The first kappa shape index (κ1) is 16.6. The van der Waals surface area contributed by atoms with Crippen molar-refractivity contribution >= 4 is 10.0 Å². The van der Waals surface area contributed by atoms with Crippen LogP contribution in [0.25, 0.3) is 0 Å². The van der Waals surface area contributed by atoms with Crippen molar-refractivity contribution in [1.82, 2.24) is 14.1 Å². The van der Waals surface area contributed by atoms with Crippen molar-refractivity contribution in [2.24, 2.45) is 0 Å². The lowest BCUT2D eigenvalue weighted by molar-refractivity contribution is -0.128. The van der Waals surface area contributed by atoms with Crippen LogP contribution >= 0.6 is 0 Å². The van der Waals surface area contributed by atoms with Gasteiger partial charge in [0.2, 0.25) is 10.0 Å². The van der Waals surface area contributed by atoms with Gasteiger partial charge in [-0.25, -0.2) is 8.42 Å². The van der Waals surface area contributed by atoms with Gasteiger partial charge in [0, 0.05) is 45.8 Å². The fraction of sp³-hybridized carbons (Fsp3) is 1.00. The van der Waals surface area contributed by atoms with E-state index >= 15 is 0 Å². The Bertz CT molecular complexity index is 490. The van der Waals surface area contributed by atoms with Gasteiger partial charge >= 0.3 is 0 Å². The Hall–Kier alpha value is -0.210. The van der Waals surface area contributed by atoms with Crippen molar-refractivity contribution in [3.8, 4) is 0 Å². The SMILES string of the molecule is CN1CCN(C[C@H]2CCC[C@]3(CCN(S(C)(=O)=O)C3)O2)CC1. The zero-order valence-electron chi connectivity index (χ0n) is 13.8. The number of piperazine rings is 1. The molecule has 2 atom stereocenters. The van der Waals surface area contributed by atoms with Gasteiger partial charge in [-0.3, -0.25) is 4.90 Å². The second kappa shape index (κ2) is 6.36. The van der Waals surface area contributed by atoms with Crippen LogP contribution < -0.4 is 0 Å². The molecule has 0 aromatic heterocycles. The van der Waals surface area contributed by atoms with Crippen LogP contribution in [-0.4, -0.2) is 93.3 Å². The van der Waals surface area contributed by atoms with Crippen molar-refractivity contribution in [3.63, 3.8) is 0 Å². The molecular formula is C15H29N3O3S. The van der Waals surface area contributed by atoms with Crippen LogP contribution in [0.15, 0.2) is 0 Å². The quantitative estimate of drug-likeness (QED) is 0.740. The topological polar surface area (TPSA) is 53.1 Å². The molecule has 128 valence electrons. The molecule has 22 heavy (non-hydrogen) atoms. The van der Waals surface area contributed by atoms with Gasteiger partial charge < -0.3 is 9.64 Å². The van der Waals surface area contributed by atoms with Gasteiger partial charge in [0.25, 0.3) is 0 Å². The molecule has 3 aliphatic heterocycles. The Morgan fingerprint density at radius 3 is 2.50 bits per heavy atom. The molecule has 0 aromatic rings. The molecular weight excluding hydrogens is 302 g/mol. The molecule has 0 amide bonds. The summed E-state index contributed by atoms with van der Waals surface area (Å²) in [5.74, 6) is 0. The van der Waals surface area contributed by atoms with Crippen molar-refractivity contribution in [2.75, 3.05) is 59.1 Å². The summed E-state index contributed by atoms with van der Waals surface area (Å²) in [6, 6.07) is 0. The highest BCUT2D eigenvalue weighted by atomic mass is 32.2. The van der Waals surface area contributed by atoms with Crippen molar-refractivity contribution in [2.45, 2.75) is 37.4 Å². The Morgan fingerprint density at radius 2 is 1.86 bits per heavy atom. The van der Waals surface area contributed by atoms with Crippen LogP contribution in [0.1, 0.15) is 25.7 Å². The average Bonchev–Trinajstić information content (AvgIpc) is 2.85. The molecule has 3 aliphatic rings. The molecule has 0 N–H and O–H groups in total. The van der Waals surface area contributed by atoms with Crippen LogP contribution in [0.2, 0.25) is 0 Å². The van der Waals surface area contributed by atoms with E-state index in [4.69, 9.17) is 4.74 Å². The van der Waals surface area contributed by atoms with Crippen molar-refractivity contribution in [1.29, 1.82) is 0 Å². The van der Waals surface area contributed by atoms with Crippen molar-refractivity contribution < 1.29 is 13.2 Å². The van der Waals surface area contributed by atoms with Gasteiger partial charge in [-0.1, -0.05) is 0 Å². The van der Waals surface area contributed by atoms with E-state index in [-0.39, 0.29) is 11.7 Å². The third-order valence-corrected chi connectivity index (χ3v) is 6.63. The summed E-state index contributed by atoms with van der Waals surface area (Å²) in [7, 11) is -0.923. The number of nitrogens with zero attached hydrogens (tertiary/aromatic N) is 3. The van der Waals surface area contributed by atoms with Gasteiger partial charge in [-0.05, 0) is 32.7 Å². The monoisotopic (exact) mass is 331 g/mol. The first-order chi connectivity index (χ1) is 10.4. The molecule has 6 nitrogen and oxygen atoms in total. The largest absolute Gasteiger partial charge is 0.369 e. The molecule has 3 saturated heterocycles. The van der Waals surface area contributed by atoms with Gasteiger partial charge in [0.1, 0.15) is 0 Å². The fourth-order valence-corrected chi connectivity index (χ4v) is 4.85. The molecule has 3 rings (SSSR count). The van der Waals surface area contributed by atoms with E-state index in [0.29, 0.717) is 13.1 Å². The maximum atomic E-state index is 11.7. The number of rotatable bonds is 3. The second-order valence-electron chi connectivity index (χ2n) is 7.27. The van der Waals surface area contributed by atoms with E-state index in [9.17, 15) is 8.42 Å². The summed E-state index contributed by atoms with van der Waals surface area (Å²) in [6.45, 7) is 6.62. The average molecular weight is 331 g/mol. The highest BCUT2D eigenvalue weighted by Crippen LogP contribution is 2.37. The standard InChI is InChI=1S/C15H29N3O3S/c1-16-8-10-17(11-9-16)12-14-4-3-5-15(21-14)6-7-18(13-15)22(2,19)20/h14H,3-13H2,1-2H3/t14-,15-/m1/s1. The zero-order valence-corrected chi connectivity index (χ0v) is 14.6. The first-order valence-corrected chi connectivity index (χ1v) is 10.3. The van der Waals surface area contributed by atoms with E-state index in [1.165, 1.54) is 6.26 Å². The predicted molar refractivity (Wildman–Crippen MR) is 86.4 cm³/mol. The van der Waals surface area contributed by atoms with Crippen LogP contribution in [-0.2, 0) is 14.8 Å². The van der Waals surface area contributed by atoms with Gasteiger partial charge in [-0.2, -0.15) is 4.31 Å². The van der Waals surface area contributed by atoms with E-state index in [0.717, 1.165) is 58.4 Å². The molecule has 0 aliphatic carbocycles. The van der Waals surface area contributed by atoms with Crippen LogP contribution in [0.3, 0.4) is 0 Å². The van der Waals surface area contributed by atoms with Gasteiger partial charge in [0.05, 0.1) is 18.0 Å². The molecule has 0 radical (unpaired) electrons. The lowest BCUT2D eigenvalue weighted by atomic mass is 9.90. The number of hydrogen-bond acceptors (Lipinski definition) is 5. The van der Waals surface area contributed by atoms with E-state index in [1.54, 1.807) is 4.31 Å².